The lowest BCUT2D eigenvalue weighted by Crippen LogP contribution is -2.17. The van der Waals surface area contributed by atoms with E-state index in [0.29, 0.717) is 37.8 Å². The highest BCUT2D eigenvalue weighted by Crippen LogP contribution is 2.22. The molecule has 1 heterocycles. The molecule has 31 heavy (non-hydrogen) atoms. The van der Waals surface area contributed by atoms with Gasteiger partial charge in [0, 0.05) is 43.8 Å². The van der Waals surface area contributed by atoms with E-state index < -0.39 is 11.5 Å². The second-order valence-corrected chi connectivity index (χ2v) is 7.48. The van der Waals surface area contributed by atoms with Crippen LogP contribution in [0.5, 0.6) is 0 Å². The number of carbonyl (C=O) groups excluding carboxylic acids is 2. The van der Waals surface area contributed by atoms with E-state index in [4.69, 9.17) is 23.2 Å². The Morgan fingerprint density at radius 2 is 1.52 bits per heavy atom. The number of aromatic nitrogens is 1. The molecule has 0 aliphatic heterocycles. The second-order valence-electron chi connectivity index (χ2n) is 6.61. The Kier molecular flexibility index (Phi) is 6.56. The lowest BCUT2D eigenvalue weighted by Gasteiger charge is -2.10. The fraction of sp³-hybridized carbons (Fsp3) is 0. The first-order chi connectivity index (χ1) is 14.4. The fourth-order valence-electron chi connectivity index (χ4n) is 3.12. The van der Waals surface area contributed by atoms with Crippen LogP contribution >= 0.6 is 23.2 Å². The van der Waals surface area contributed by atoms with Crippen molar-refractivity contribution in [3.63, 3.8) is 0 Å². The van der Waals surface area contributed by atoms with Crippen LogP contribution in [0.15, 0.2) is 77.6 Å². The van der Waals surface area contributed by atoms with Crippen molar-refractivity contribution in [3.8, 4) is 0 Å². The number of pyridine rings is 1. The zero-order valence-electron chi connectivity index (χ0n) is 15.9. The number of aromatic amines is 1. The lowest BCUT2D eigenvalue weighted by atomic mass is 9.99. The number of benzene rings is 3. The molecule has 0 saturated heterocycles. The molecule has 8 heteroatoms. The van der Waals surface area contributed by atoms with Gasteiger partial charge in [-0.15, -0.1) is 0 Å². The molecular formula is C23H16Cl2N2O4. The van der Waals surface area contributed by atoms with Crippen molar-refractivity contribution in [3.05, 3.63) is 110 Å². The zero-order chi connectivity index (χ0) is 21.3. The predicted molar refractivity (Wildman–Crippen MR) is 122 cm³/mol. The molecule has 0 atom stereocenters. The number of fused-ring (bicyclic) bond motifs is 1. The van der Waals surface area contributed by atoms with Crippen LogP contribution in [0.4, 0.5) is 5.69 Å². The van der Waals surface area contributed by atoms with Gasteiger partial charge in [-0.05, 0) is 60.7 Å². The average Bonchev–Trinajstić information content (AvgIpc) is 2.73. The summed E-state index contributed by atoms with van der Waals surface area (Å²) in [6.07, 6.45) is 0. The topological polar surface area (TPSA) is 111 Å². The Bertz CT molecular complexity index is 1350. The molecule has 0 saturated carbocycles. The number of hydrogen-bond donors (Lipinski definition) is 2. The summed E-state index contributed by atoms with van der Waals surface area (Å²) in [6, 6.07) is 19.2. The highest BCUT2D eigenvalue weighted by atomic mass is 35.5. The summed E-state index contributed by atoms with van der Waals surface area (Å²) in [5, 5.41) is 4.18. The van der Waals surface area contributed by atoms with Crippen molar-refractivity contribution in [2.75, 3.05) is 5.32 Å². The van der Waals surface area contributed by atoms with Crippen LogP contribution in [0.1, 0.15) is 26.3 Å². The second kappa shape index (κ2) is 9.14. The first kappa shape index (κ1) is 22.2. The molecule has 0 unspecified atom stereocenters. The molecular weight excluding hydrogens is 439 g/mol. The third-order valence-electron chi connectivity index (χ3n) is 4.54. The van der Waals surface area contributed by atoms with Gasteiger partial charge in [-0.3, -0.25) is 14.4 Å². The quantitative estimate of drug-likeness (QED) is 0.442. The maximum Gasteiger partial charge on any atom is 0.256 e. The van der Waals surface area contributed by atoms with Crippen LogP contribution in [0.3, 0.4) is 0 Å². The third-order valence-corrected chi connectivity index (χ3v) is 5.03. The van der Waals surface area contributed by atoms with Crippen LogP contribution in [0.25, 0.3) is 10.9 Å². The molecule has 0 aliphatic rings. The fourth-order valence-corrected chi connectivity index (χ4v) is 3.43. The summed E-state index contributed by atoms with van der Waals surface area (Å²) in [5.74, 6) is -0.703. The first-order valence-electron chi connectivity index (χ1n) is 8.95. The highest BCUT2D eigenvalue weighted by molar-refractivity contribution is 6.31. The largest absolute Gasteiger partial charge is 0.412 e. The number of rotatable bonds is 4. The number of halogens is 2. The van der Waals surface area contributed by atoms with E-state index in [1.54, 1.807) is 66.7 Å². The third kappa shape index (κ3) is 4.83. The molecule has 0 bridgehead atoms. The Hall–Kier alpha value is -3.45. The minimum Gasteiger partial charge on any atom is -0.412 e. The summed E-state index contributed by atoms with van der Waals surface area (Å²) in [6.45, 7) is 0. The van der Waals surface area contributed by atoms with E-state index in [9.17, 15) is 14.4 Å². The average molecular weight is 455 g/mol. The Labute approximate surface area is 186 Å². The maximum atomic E-state index is 12.9. The number of H-pyrrole nitrogens is 1. The number of hydrogen-bond acceptors (Lipinski definition) is 3. The molecule has 156 valence electrons. The molecule has 0 radical (unpaired) electrons. The van der Waals surface area contributed by atoms with Gasteiger partial charge in [-0.2, -0.15) is 0 Å². The van der Waals surface area contributed by atoms with Gasteiger partial charge in [-0.25, -0.2) is 0 Å². The maximum absolute atomic E-state index is 12.9. The number of amides is 1. The van der Waals surface area contributed by atoms with E-state index in [1.807, 2.05) is 0 Å². The molecule has 0 aliphatic carbocycles. The Morgan fingerprint density at radius 1 is 0.806 bits per heavy atom. The van der Waals surface area contributed by atoms with Crippen molar-refractivity contribution >= 4 is 51.5 Å². The van der Waals surface area contributed by atoms with Crippen molar-refractivity contribution in [1.82, 2.24) is 4.98 Å². The molecule has 0 fully saturated rings. The lowest BCUT2D eigenvalue weighted by molar-refractivity contribution is 0.102. The minimum atomic E-state index is -0.482. The summed E-state index contributed by atoms with van der Waals surface area (Å²) in [5.41, 5.74) is 1.53. The van der Waals surface area contributed by atoms with Crippen LogP contribution in [-0.4, -0.2) is 22.2 Å². The summed E-state index contributed by atoms with van der Waals surface area (Å²) in [4.78, 5) is 40.5. The normalized spacial score (nSPS) is 10.4. The van der Waals surface area contributed by atoms with Crippen LogP contribution in [0.2, 0.25) is 10.0 Å². The van der Waals surface area contributed by atoms with E-state index in [-0.39, 0.29) is 16.8 Å². The Balaban J connectivity index is 0.00000272. The van der Waals surface area contributed by atoms with Gasteiger partial charge in [-0.1, -0.05) is 29.3 Å². The molecule has 4 aromatic rings. The zero-order valence-corrected chi connectivity index (χ0v) is 17.4. The Morgan fingerprint density at radius 3 is 2.23 bits per heavy atom. The predicted octanol–water partition coefficient (Wildman–Crippen LogP) is 4.49. The number of ketones is 1. The van der Waals surface area contributed by atoms with Crippen LogP contribution in [-0.2, 0) is 0 Å². The first-order valence-corrected chi connectivity index (χ1v) is 9.70. The molecule has 4 N–H and O–H groups in total. The summed E-state index contributed by atoms with van der Waals surface area (Å²) < 4.78 is 0. The molecule has 1 aromatic heterocycles. The van der Waals surface area contributed by atoms with E-state index in [1.165, 1.54) is 6.07 Å². The molecule has 6 nitrogen and oxygen atoms in total. The molecule has 4 rings (SSSR count). The molecule has 0 spiro atoms. The number of anilines is 1. The summed E-state index contributed by atoms with van der Waals surface area (Å²) >= 11 is 11.9. The smallest absolute Gasteiger partial charge is 0.256 e. The van der Waals surface area contributed by atoms with Crippen LogP contribution < -0.4 is 10.9 Å². The van der Waals surface area contributed by atoms with Gasteiger partial charge in [0.25, 0.3) is 5.91 Å². The molecule has 1 amide bonds. The van der Waals surface area contributed by atoms with Crippen molar-refractivity contribution in [2.24, 2.45) is 0 Å². The minimum absolute atomic E-state index is 0. The standard InChI is InChI=1S/C23H14Cl2N2O3.H2O/c24-15-7-4-13(5-8-15)22(29)14-6-9-20-18(10-14)19(12-21(28)27-20)23(30)26-17-3-1-2-16(25)11-17;/h1-12H,(H,26,30)(H,27,28);1H2. The SMILES string of the molecule is O.O=C(c1ccc(Cl)cc1)c1ccc2[nH]c(=O)cc(C(=O)Nc3cccc(Cl)c3)c2c1. The van der Waals surface area contributed by atoms with Gasteiger partial charge in [0.15, 0.2) is 5.78 Å². The van der Waals surface area contributed by atoms with Crippen molar-refractivity contribution < 1.29 is 15.1 Å². The number of carbonyl (C=O) groups is 2. The van der Waals surface area contributed by atoms with E-state index in [0.717, 1.165) is 0 Å². The van der Waals surface area contributed by atoms with Gasteiger partial charge in [0.1, 0.15) is 0 Å². The van der Waals surface area contributed by atoms with Crippen LogP contribution in [0, 0.1) is 0 Å². The van der Waals surface area contributed by atoms with Gasteiger partial charge in [0.2, 0.25) is 5.56 Å². The highest BCUT2D eigenvalue weighted by Gasteiger charge is 2.16. The van der Waals surface area contributed by atoms with Gasteiger partial charge >= 0.3 is 0 Å². The van der Waals surface area contributed by atoms with Gasteiger partial charge in [0.05, 0.1) is 5.56 Å². The van der Waals surface area contributed by atoms with Crippen molar-refractivity contribution in [1.29, 1.82) is 0 Å². The van der Waals surface area contributed by atoms with E-state index >= 15 is 0 Å². The number of nitrogens with one attached hydrogen (secondary N) is 2. The molecule has 3 aromatic carbocycles. The summed E-state index contributed by atoms with van der Waals surface area (Å²) in [7, 11) is 0. The van der Waals surface area contributed by atoms with Gasteiger partial charge < -0.3 is 15.8 Å². The monoisotopic (exact) mass is 454 g/mol. The van der Waals surface area contributed by atoms with Crippen molar-refractivity contribution in [2.45, 2.75) is 0 Å². The van der Waals surface area contributed by atoms with E-state index in [2.05, 4.69) is 10.3 Å².